The lowest BCUT2D eigenvalue weighted by atomic mass is 10.1. The van der Waals surface area contributed by atoms with Crippen LogP contribution in [0.3, 0.4) is 0 Å². The molecule has 0 radical (unpaired) electrons. The predicted molar refractivity (Wildman–Crippen MR) is 75.7 cm³/mol. The molecule has 0 saturated carbocycles. The highest BCUT2D eigenvalue weighted by molar-refractivity contribution is 7.10. The summed E-state index contributed by atoms with van der Waals surface area (Å²) in [4.78, 5) is 0.903. The van der Waals surface area contributed by atoms with E-state index in [0.29, 0.717) is 5.56 Å². The van der Waals surface area contributed by atoms with Gasteiger partial charge in [0, 0.05) is 4.88 Å². The zero-order chi connectivity index (χ0) is 14.0. The van der Waals surface area contributed by atoms with Crippen molar-refractivity contribution in [3.63, 3.8) is 0 Å². The van der Waals surface area contributed by atoms with Crippen LogP contribution in [0.5, 0.6) is 5.75 Å². The molecule has 2 rings (SSSR count). The first kappa shape index (κ1) is 17.1. The second-order valence-corrected chi connectivity index (χ2v) is 5.12. The minimum Gasteiger partial charge on any atom is -0.404 e. The first-order valence-electron chi connectivity index (χ1n) is 5.21. The molecule has 8 heteroatoms. The molecule has 0 amide bonds. The number of nitrogens with two attached hydrogens (primary N) is 1. The van der Waals surface area contributed by atoms with E-state index in [1.807, 2.05) is 17.5 Å². The van der Waals surface area contributed by atoms with Gasteiger partial charge in [0.15, 0.2) is 0 Å². The highest BCUT2D eigenvalue weighted by atomic mass is 35.5. The average molecular weight is 344 g/mol. The number of halogens is 5. The Morgan fingerprint density at radius 2 is 1.95 bits per heavy atom. The van der Waals surface area contributed by atoms with E-state index < -0.39 is 18.2 Å². The monoisotopic (exact) mass is 343 g/mol. The standard InChI is InChI=1S/C12H9ClF3NOS.ClH/c13-8-6-7(11(17)10-2-1-5-19-10)3-4-9(8)18-12(14,15)16;/h1-6,11H,17H2;1H/t11-;/m1./s1. The zero-order valence-electron chi connectivity index (χ0n) is 9.86. The van der Waals surface area contributed by atoms with Crippen molar-refractivity contribution in [1.82, 2.24) is 0 Å². The van der Waals surface area contributed by atoms with Crippen molar-refractivity contribution >= 4 is 35.3 Å². The maximum Gasteiger partial charge on any atom is 0.573 e. The summed E-state index contributed by atoms with van der Waals surface area (Å²) in [5, 5.41) is 1.75. The summed E-state index contributed by atoms with van der Waals surface area (Å²) < 4.78 is 40.1. The molecule has 0 aliphatic heterocycles. The van der Waals surface area contributed by atoms with Gasteiger partial charge in [-0.1, -0.05) is 23.7 Å². The van der Waals surface area contributed by atoms with Gasteiger partial charge in [0.2, 0.25) is 0 Å². The number of alkyl halides is 3. The lowest BCUT2D eigenvalue weighted by molar-refractivity contribution is -0.274. The van der Waals surface area contributed by atoms with Crippen LogP contribution in [0.15, 0.2) is 35.7 Å². The summed E-state index contributed by atoms with van der Waals surface area (Å²) in [5.74, 6) is -0.434. The van der Waals surface area contributed by atoms with Gasteiger partial charge in [0.1, 0.15) is 5.75 Å². The molecular weight excluding hydrogens is 334 g/mol. The van der Waals surface area contributed by atoms with Crippen molar-refractivity contribution in [2.45, 2.75) is 12.4 Å². The lowest BCUT2D eigenvalue weighted by Crippen LogP contribution is -2.17. The molecule has 110 valence electrons. The van der Waals surface area contributed by atoms with Crippen molar-refractivity contribution < 1.29 is 17.9 Å². The maximum absolute atomic E-state index is 12.1. The third-order valence-electron chi connectivity index (χ3n) is 2.39. The van der Waals surface area contributed by atoms with Crippen molar-refractivity contribution in [2.75, 3.05) is 0 Å². The number of rotatable bonds is 3. The third kappa shape index (κ3) is 4.28. The maximum atomic E-state index is 12.1. The van der Waals surface area contributed by atoms with Gasteiger partial charge >= 0.3 is 6.36 Å². The minimum atomic E-state index is -4.76. The molecule has 2 N–H and O–H groups in total. The lowest BCUT2D eigenvalue weighted by Gasteiger charge is -2.14. The van der Waals surface area contributed by atoms with E-state index >= 15 is 0 Å². The molecule has 1 aromatic heterocycles. The van der Waals surface area contributed by atoms with Crippen LogP contribution in [0.25, 0.3) is 0 Å². The Labute approximate surface area is 128 Å². The smallest absolute Gasteiger partial charge is 0.404 e. The van der Waals surface area contributed by atoms with E-state index in [-0.39, 0.29) is 17.4 Å². The number of thiophene rings is 1. The van der Waals surface area contributed by atoms with Crippen molar-refractivity contribution in [3.8, 4) is 5.75 Å². The number of hydrogen-bond acceptors (Lipinski definition) is 3. The molecule has 0 fully saturated rings. The third-order valence-corrected chi connectivity index (χ3v) is 3.64. The molecule has 2 nitrogen and oxygen atoms in total. The van der Waals surface area contributed by atoms with Crippen LogP contribution in [-0.4, -0.2) is 6.36 Å². The van der Waals surface area contributed by atoms with E-state index in [4.69, 9.17) is 17.3 Å². The normalized spacial score (nSPS) is 12.7. The Morgan fingerprint density at radius 1 is 1.25 bits per heavy atom. The first-order valence-corrected chi connectivity index (χ1v) is 6.47. The fraction of sp³-hybridized carbons (Fsp3) is 0.167. The van der Waals surface area contributed by atoms with Gasteiger partial charge in [-0.3, -0.25) is 0 Å². The molecule has 1 heterocycles. The fourth-order valence-electron chi connectivity index (χ4n) is 1.55. The second kappa shape index (κ2) is 6.67. The largest absolute Gasteiger partial charge is 0.573 e. The Morgan fingerprint density at radius 3 is 2.45 bits per heavy atom. The van der Waals surface area contributed by atoms with Gasteiger partial charge in [0.25, 0.3) is 0 Å². The van der Waals surface area contributed by atoms with Gasteiger partial charge in [-0.2, -0.15) is 0 Å². The Hall–Kier alpha value is -0.950. The molecule has 20 heavy (non-hydrogen) atoms. The van der Waals surface area contributed by atoms with Crippen LogP contribution in [-0.2, 0) is 0 Å². The zero-order valence-corrected chi connectivity index (χ0v) is 12.2. The van der Waals surface area contributed by atoms with E-state index in [1.165, 1.54) is 29.5 Å². The highest BCUT2D eigenvalue weighted by Crippen LogP contribution is 2.33. The summed E-state index contributed by atoms with van der Waals surface area (Å²) in [6.07, 6.45) is -4.76. The molecule has 0 unspecified atom stereocenters. The van der Waals surface area contributed by atoms with Crippen molar-refractivity contribution in [1.29, 1.82) is 0 Å². The highest BCUT2D eigenvalue weighted by Gasteiger charge is 2.32. The molecule has 0 bridgehead atoms. The topological polar surface area (TPSA) is 35.2 Å². The molecule has 0 saturated heterocycles. The predicted octanol–water partition coefficient (Wildman–Crippen LogP) is 4.77. The van der Waals surface area contributed by atoms with Crippen molar-refractivity contribution in [2.24, 2.45) is 5.73 Å². The molecule has 0 aliphatic carbocycles. The average Bonchev–Trinajstić information content (AvgIpc) is 2.82. The van der Waals surface area contributed by atoms with Crippen LogP contribution in [0, 0.1) is 0 Å². The molecule has 1 aromatic carbocycles. The Balaban J connectivity index is 0.00000200. The van der Waals surface area contributed by atoms with E-state index in [1.54, 1.807) is 0 Å². The summed E-state index contributed by atoms with van der Waals surface area (Å²) in [6.45, 7) is 0. The van der Waals surface area contributed by atoms with E-state index in [0.717, 1.165) is 4.88 Å². The summed E-state index contributed by atoms with van der Waals surface area (Å²) in [6, 6.07) is 7.30. The van der Waals surface area contributed by atoms with Gasteiger partial charge in [-0.05, 0) is 29.1 Å². The Bertz CT molecular complexity index is 560. The number of ether oxygens (including phenoxy) is 1. The van der Waals surface area contributed by atoms with Gasteiger partial charge in [-0.15, -0.1) is 36.9 Å². The van der Waals surface area contributed by atoms with Gasteiger partial charge in [0.05, 0.1) is 11.1 Å². The quantitative estimate of drug-likeness (QED) is 0.871. The Kier molecular flexibility index (Phi) is 5.70. The SMILES string of the molecule is Cl.N[C@H](c1ccc(OC(F)(F)F)c(Cl)c1)c1cccs1. The second-order valence-electron chi connectivity index (χ2n) is 3.73. The van der Waals surface area contributed by atoms with Gasteiger partial charge < -0.3 is 10.5 Å². The van der Waals surface area contributed by atoms with Crippen LogP contribution < -0.4 is 10.5 Å². The van der Waals surface area contributed by atoms with Crippen LogP contribution in [0.1, 0.15) is 16.5 Å². The summed E-state index contributed by atoms with van der Waals surface area (Å²) >= 11 is 7.23. The minimum absolute atomic E-state index is 0. The first-order chi connectivity index (χ1) is 8.87. The van der Waals surface area contributed by atoms with Crippen LogP contribution in [0.2, 0.25) is 5.02 Å². The van der Waals surface area contributed by atoms with Crippen LogP contribution >= 0.6 is 35.3 Å². The van der Waals surface area contributed by atoms with Crippen LogP contribution in [0.4, 0.5) is 13.2 Å². The van der Waals surface area contributed by atoms with E-state index in [9.17, 15) is 13.2 Å². The molecule has 0 aliphatic rings. The molecular formula is C12H10Cl2F3NOS. The van der Waals surface area contributed by atoms with Gasteiger partial charge in [-0.25, -0.2) is 0 Å². The number of benzene rings is 1. The summed E-state index contributed by atoms with van der Waals surface area (Å²) in [5.41, 5.74) is 6.62. The van der Waals surface area contributed by atoms with Crippen molar-refractivity contribution in [3.05, 3.63) is 51.2 Å². The summed E-state index contributed by atoms with van der Waals surface area (Å²) in [7, 11) is 0. The fourth-order valence-corrected chi connectivity index (χ4v) is 2.53. The van der Waals surface area contributed by atoms with E-state index in [2.05, 4.69) is 4.74 Å². The number of hydrogen-bond donors (Lipinski definition) is 1. The molecule has 0 spiro atoms. The molecule has 2 aromatic rings. The molecule has 1 atom stereocenters.